The Morgan fingerprint density at radius 3 is 2.47 bits per heavy atom. The van der Waals surface area contributed by atoms with Crippen LogP contribution in [0.25, 0.3) is 6.08 Å². The highest BCUT2D eigenvalue weighted by Gasteiger charge is 2.33. The highest BCUT2D eigenvalue weighted by atomic mass is 32.2. The molecule has 2 saturated heterocycles. The van der Waals surface area contributed by atoms with Gasteiger partial charge in [-0.15, -0.1) is 0 Å². The first-order valence-electron chi connectivity index (χ1n) is 11.1. The molecule has 172 valence electrons. The van der Waals surface area contributed by atoms with E-state index in [2.05, 4.69) is 11.0 Å². The summed E-state index contributed by atoms with van der Waals surface area (Å²) in [6.07, 6.45) is 7.03. The molecule has 2 fully saturated rings. The highest BCUT2D eigenvalue weighted by molar-refractivity contribution is 8.26. The molecule has 1 amide bonds. The molecule has 3 rings (SSSR count). The lowest BCUT2D eigenvalue weighted by molar-refractivity contribution is -0.122. The van der Waals surface area contributed by atoms with Crippen LogP contribution in [-0.2, 0) is 16.1 Å². The fraction of sp³-hybridized carbons (Fsp3) is 0.565. The van der Waals surface area contributed by atoms with Gasteiger partial charge in [-0.25, -0.2) is 0 Å². The first-order valence-corrected chi connectivity index (χ1v) is 12.3. The molecule has 0 bridgehead atoms. The predicted octanol–water partition coefficient (Wildman–Crippen LogP) is 3.67. The molecular weight excluding hydrogens is 444 g/mol. The normalized spacial score (nSPS) is 18.4. The number of thioether (sulfide) groups is 1. The van der Waals surface area contributed by atoms with E-state index in [4.69, 9.17) is 17.0 Å². The molecule has 0 N–H and O–H groups in total. The molecule has 0 unspecified atom stereocenters. The fourth-order valence-corrected chi connectivity index (χ4v) is 5.50. The van der Waals surface area contributed by atoms with E-state index < -0.39 is 0 Å². The molecule has 0 radical (unpaired) electrons. The smallest absolute Gasteiger partial charge is 0.270 e. The van der Waals surface area contributed by atoms with Crippen LogP contribution < -0.4 is 10.5 Å². The molecular formula is C23H30N4O3S2. The molecule has 7 nitrogen and oxygen atoms in total. The minimum absolute atomic E-state index is 0.137. The zero-order valence-corrected chi connectivity index (χ0v) is 20.6. The van der Waals surface area contributed by atoms with Crippen LogP contribution in [0.2, 0.25) is 0 Å². The number of rotatable bonds is 7. The summed E-state index contributed by atoms with van der Waals surface area (Å²) in [6, 6.07) is 2.10. The Kier molecular flexibility index (Phi) is 8.51. The standard InChI is InChI=1S/C23H30N4O3S2/c1-4-9-26-20(25-10-7-5-6-8-11-25)17(16(2)18(15-24)21(26)28)14-19-22(29)27(12-13-30-3)23(31)32-19/h14H,4-13H2,1-3H3. The van der Waals surface area contributed by atoms with Gasteiger partial charge < -0.3 is 9.64 Å². The van der Waals surface area contributed by atoms with Gasteiger partial charge in [0.15, 0.2) is 0 Å². The molecule has 0 aromatic carbocycles. The van der Waals surface area contributed by atoms with Crippen LogP contribution in [0.5, 0.6) is 0 Å². The van der Waals surface area contributed by atoms with Crippen molar-refractivity contribution in [1.29, 1.82) is 5.26 Å². The van der Waals surface area contributed by atoms with Crippen molar-refractivity contribution in [3.8, 4) is 6.07 Å². The van der Waals surface area contributed by atoms with Gasteiger partial charge >= 0.3 is 0 Å². The van der Waals surface area contributed by atoms with Gasteiger partial charge in [-0.1, -0.05) is 43.7 Å². The van der Waals surface area contributed by atoms with Crippen molar-refractivity contribution in [2.24, 2.45) is 0 Å². The number of nitrogens with zero attached hydrogens (tertiary/aromatic N) is 4. The van der Waals surface area contributed by atoms with E-state index in [9.17, 15) is 14.9 Å². The van der Waals surface area contributed by atoms with Crippen molar-refractivity contribution in [3.63, 3.8) is 0 Å². The minimum Gasteiger partial charge on any atom is -0.383 e. The van der Waals surface area contributed by atoms with Crippen molar-refractivity contribution in [2.75, 3.05) is 38.3 Å². The van der Waals surface area contributed by atoms with Crippen molar-refractivity contribution >= 4 is 46.1 Å². The summed E-state index contributed by atoms with van der Waals surface area (Å²) in [5.41, 5.74) is 1.27. The molecule has 9 heteroatoms. The lowest BCUT2D eigenvalue weighted by Crippen LogP contribution is -2.35. The summed E-state index contributed by atoms with van der Waals surface area (Å²) in [5.74, 6) is 0.655. The number of pyridine rings is 1. The highest BCUT2D eigenvalue weighted by Crippen LogP contribution is 2.36. The number of methoxy groups -OCH3 is 1. The Balaban J connectivity index is 2.19. The van der Waals surface area contributed by atoms with Crippen molar-refractivity contribution in [3.05, 3.63) is 31.9 Å². The van der Waals surface area contributed by atoms with E-state index in [0.29, 0.717) is 34.5 Å². The first-order chi connectivity index (χ1) is 15.4. The number of hydrogen-bond donors (Lipinski definition) is 0. The molecule has 2 aliphatic rings. The zero-order chi connectivity index (χ0) is 23.3. The van der Waals surface area contributed by atoms with Crippen LogP contribution in [0.4, 0.5) is 5.82 Å². The molecule has 0 spiro atoms. The first kappa shape index (κ1) is 24.5. The van der Waals surface area contributed by atoms with Crippen molar-refractivity contribution in [2.45, 2.75) is 52.5 Å². The Bertz CT molecular complexity index is 1020. The Hall–Kier alpha value is -2.15. The zero-order valence-electron chi connectivity index (χ0n) is 19.0. The van der Waals surface area contributed by atoms with Crippen LogP contribution in [0.3, 0.4) is 0 Å². The van der Waals surface area contributed by atoms with Gasteiger partial charge in [-0.05, 0) is 37.8 Å². The van der Waals surface area contributed by atoms with Crippen molar-refractivity contribution in [1.82, 2.24) is 9.47 Å². The van der Waals surface area contributed by atoms with Gasteiger partial charge in [-0.3, -0.25) is 19.1 Å². The van der Waals surface area contributed by atoms with E-state index in [1.165, 1.54) is 11.8 Å². The molecule has 32 heavy (non-hydrogen) atoms. The Labute approximate surface area is 199 Å². The molecule has 0 atom stereocenters. The van der Waals surface area contributed by atoms with E-state index in [0.717, 1.165) is 56.6 Å². The second-order valence-corrected chi connectivity index (χ2v) is 9.71. The number of carbonyl (C=O) groups excluding carboxylic acids is 1. The average molecular weight is 475 g/mol. The van der Waals surface area contributed by atoms with Crippen LogP contribution in [-0.4, -0.2) is 53.0 Å². The minimum atomic E-state index is -0.254. The van der Waals surface area contributed by atoms with Gasteiger partial charge in [0.2, 0.25) is 0 Å². The largest absolute Gasteiger partial charge is 0.383 e. The summed E-state index contributed by atoms with van der Waals surface area (Å²) in [7, 11) is 1.59. The maximum atomic E-state index is 13.2. The number of hydrogen-bond acceptors (Lipinski definition) is 7. The second kappa shape index (κ2) is 11.1. The number of thiocarbonyl (C=S) groups is 1. The summed E-state index contributed by atoms with van der Waals surface area (Å²) in [5, 5.41) is 9.74. The van der Waals surface area contributed by atoms with E-state index in [1.54, 1.807) is 23.5 Å². The molecule has 0 saturated carbocycles. The Morgan fingerprint density at radius 2 is 1.88 bits per heavy atom. The van der Waals surface area contributed by atoms with Gasteiger partial charge in [0.25, 0.3) is 11.5 Å². The van der Waals surface area contributed by atoms with Crippen LogP contribution in [0.15, 0.2) is 9.70 Å². The van der Waals surface area contributed by atoms with Gasteiger partial charge in [0, 0.05) is 32.3 Å². The maximum absolute atomic E-state index is 13.2. The number of aromatic nitrogens is 1. The van der Waals surface area contributed by atoms with Crippen LogP contribution >= 0.6 is 24.0 Å². The fourth-order valence-electron chi connectivity index (χ4n) is 4.20. The van der Waals surface area contributed by atoms with Crippen LogP contribution in [0, 0.1) is 18.3 Å². The number of ether oxygens (including phenoxy) is 1. The van der Waals surface area contributed by atoms with Gasteiger partial charge in [-0.2, -0.15) is 5.26 Å². The molecule has 0 aliphatic carbocycles. The predicted molar refractivity (Wildman–Crippen MR) is 133 cm³/mol. The van der Waals surface area contributed by atoms with Crippen LogP contribution in [0.1, 0.15) is 55.7 Å². The van der Waals surface area contributed by atoms with Gasteiger partial charge in [0.1, 0.15) is 21.8 Å². The van der Waals surface area contributed by atoms with E-state index in [-0.39, 0.29) is 17.0 Å². The third-order valence-corrected chi connectivity index (χ3v) is 7.25. The van der Waals surface area contributed by atoms with Gasteiger partial charge in [0.05, 0.1) is 18.1 Å². The SMILES string of the molecule is CCCn1c(N2CCCCCC2)c(C=C2SC(=S)N(CCOC)C2=O)c(C)c(C#N)c1=O. The monoisotopic (exact) mass is 474 g/mol. The van der Waals surface area contributed by atoms with E-state index >= 15 is 0 Å². The summed E-state index contributed by atoms with van der Waals surface area (Å²) >= 11 is 6.68. The number of nitriles is 1. The number of anilines is 1. The number of carbonyl (C=O) groups is 1. The quantitative estimate of drug-likeness (QED) is 0.441. The Morgan fingerprint density at radius 1 is 1.19 bits per heavy atom. The summed E-state index contributed by atoms with van der Waals surface area (Å²) in [4.78, 5) is 30.6. The second-order valence-electron chi connectivity index (χ2n) is 8.03. The number of amides is 1. The molecule has 3 heterocycles. The third kappa shape index (κ3) is 4.92. The molecule has 1 aromatic rings. The maximum Gasteiger partial charge on any atom is 0.270 e. The van der Waals surface area contributed by atoms with E-state index in [1.807, 2.05) is 13.0 Å². The lowest BCUT2D eigenvalue weighted by atomic mass is 10.0. The third-order valence-electron chi connectivity index (χ3n) is 5.87. The summed E-state index contributed by atoms with van der Waals surface area (Å²) < 4.78 is 7.33. The molecule has 1 aromatic heterocycles. The topological polar surface area (TPSA) is 78.6 Å². The van der Waals surface area contributed by atoms with Crippen molar-refractivity contribution < 1.29 is 9.53 Å². The molecule has 2 aliphatic heterocycles. The average Bonchev–Trinajstić information content (AvgIpc) is 2.95. The summed E-state index contributed by atoms with van der Waals surface area (Å²) in [6.45, 7) is 6.84. The lowest BCUT2D eigenvalue weighted by Gasteiger charge is -2.29.